The zero-order valence-corrected chi connectivity index (χ0v) is 12.8. The summed E-state index contributed by atoms with van der Waals surface area (Å²) in [5, 5.41) is 11.3. The van der Waals surface area contributed by atoms with E-state index in [4.69, 9.17) is 0 Å². The molecule has 0 saturated carbocycles. The summed E-state index contributed by atoms with van der Waals surface area (Å²) in [4.78, 5) is 14.3. The number of hydrogen-bond acceptors (Lipinski definition) is 2. The van der Waals surface area contributed by atoms with Crippen molar-refractivity contribution in [1.82, 2.24) is 4.90 Å². The number of rotatable bonds is 3. The molecular formula is C19H21NO2. The molecule has 0 aromatic heterocycles. The van der Waals surface area contributed by atoms with Crippen molar-refractivity contribution in [2.24, 2.45) is 5.92 Å². The minimum absolute atomic E-state index is 0.0152. The highest BCUT2D eigenvalue weighted by Gasteiger charge is 2.44. The SMILES string of the molecule is CC1CCC(O)(c2ccccc2)N(Cc2ccccc2)C1=O. The van der Waals surface area contributed by atoms with Crippen molar-refractivity contribution in [3.05, 3.63) is 71.8 Å². The van der Waals surface area contributed by atoms with Crippen LogP contribution in [0.4, 0.5) is 0 Å². The molecule has 0 bridgehead atoms. The zero-order chi connectivity index (χ0) is 15.6. The van der Waals surface area contributed by atoms with E-state index in [2.05, 4.69) is 0 Å². The van der Waals surface area contributed by atoms with Gasteiger partial charge in [0.05, 0.1) is 0 Å². The van der Waals surface area contributed by atoms with Crippen molar-refractivity contribution in [2.45, 2.75) is 32.0 Å². The maximum atomic E-state index is 12.7. The van der Waals surface area contributed by atoms with E-state index in [1.165, 1.54) is 0 Å². The van der Waals surface area contributed by atoms with Gasteiger partial charge in [-0.25, -0.2) is 0 Å². The Hall–Kier alpha value is -2.13. The van der Waals surface area contributed by atoms with Crippen LogP contribution >= 0.6 is 0 Å². The fraction of sp³-hybridized carbons (Fsp3) is 0.316. The molecule has 2 aromatic rings. The van der Waals surface area contributed by atoms with Crippen LogP contribution < -0.4 is 0 Å². The van der Waals surface area contributed by atoms with Gasteiger partial charge < -0.3 is 10.0 Å². The number of nitrogens with zero attached hydrogens (tertiary/aromatic N) is 1. The highest BCUT2D eigenvalue weighted by Crippen LogP contribution is 2.38. The van der Waals surface area contributed by atoms with Crippen LogP contribution in [0.1, 0.15) is 30.9 Å². The van der Waals surface area contributed by atoms with Crippen molar-refractivity contribution in [1.29, 1.82) is 0 Å². The third-order valence-electron chi connectivity index (χ3n) is 4.48. The van der Waals surface area contributed by atoms with Gasteiger partial charge in [-0.2, -0.15) is 0 Å². The summed E-state index contributed by atoms with van der Waals surface area (Å²) in [6.07, 6.45) is 1.27. The zero-order valence-electron chi connectivity index (χ0n) is 12.8. The van der Waals surface area contributed by atoms with Crippen LogP contribution in [0.15, 0.2) is 60.7 Å². The molecule has 0 aliphatic carbocycles. The third kappa shape index (κ3) is 2.64. The Labute approximate surface area is 131 Å². The molecule has 1 amide bonds. The summed E-state index contributed by atoms with van der Waals surface area (Å²) in [6.45, 7) is 2.36. The van der Waals surface area contributed by atoms with Crippen molar-refractivity contribution in [3.8, 4) is 0 Å². The molecular weight excluding hydrogens is 274 g/mol. The van der Waals surface area contributed by atoms with Crippen LogP contribution in [0, 0.1) is 5.92 Å². The minimum Gasteiger partial charge on any atom is -0.367 e. The summed E-state index contributed by atoms with van der Waals surface area (Å²) in [7, 11) is 0. The van der Waals surface area contributed by atoms with E-state index in [-0.39, 0.29) is 11.8 Å². The number of carbonyl (C=O) groups is 1. The van der Waals surface area contributed by atoms with Crippen LogP contribution in [0.3, 0.4) is 0 Å². The van der Waals surface area contributed by atoms with Crippen LogP contribution in [-0.4, -0.2) is 15.9 Å². The molecule has 1 N–H and O–H groups in total. The fourth-order valence-corrected chi connectivity index (χ4v) is 3.10. The molecule has 2 aromatic carbocycles. The normalized spacial score (nSPS) is 25.3. The number of benzene rings is 2. The van der Waals surface area contributed by atoms with Crippen molar-refractivity contribution in [3.63, 3.8) is 0 Å². The fourth-order valence-electron chi connectivity index (χ4n) is 3.10. The average molecular weight is 295 g/mol. The average Bonchev–Trinajstić information content (AvgIpc) is 2.57. The van der Waals surface area contributed by atoms with Gasteiger partial charge in [0.15, 0.2) is 5.72 Å². The van der Waals surface area contributed by atoms with Gasteiger partial charge in [-0.05, 0) is 12.0 Å². The first kappa shape index (κ1) is 14.8. The quantitative estimate of drug-likeness (QED) is 0.944. The second kappa shape index (κ2) is 5.93. The molecule has 1 fully saturated rings. The summed E-state index contributed by atoms with van der Waals surface area (Å²) in [5.41, 5.74) is 0.589. The van der Waals surface area contributed by atoms with Gasteiger partial charge >= 0.3 is 0 Å². The maximum Gasteiger partial charge on any atom is 0.228 e. The van der Waals surface area contributed by atoms with E-state index in [1.807, 2.05) is 67.6 Å². The number of aliphatic hydroxyl groups is 1. The second-order valence-electron chi connectivity index (χ2n) is 6.03. The van der Waals surface area contributed by atoms with Gasteiger partial charge in [-0.1, -0.05) is 67.6 Å². The molecule has 22 heavy (non-hydrogen) atoms. The van der Waals surface area contributed by atoms with Gasteiger partial charge in [0.2, 0.25) is 5.91 Å². The molecule has 3 rings (SSSR count). The Kier molecular flexibility index (Phi) is 3.99. The largest absolute Gasteiger partial charge is 0.367 e. The number of likely N-dealkylation sites (tertiary alicyclic amines) is 1. The number of piperidine rings is 1. The number of carbonyl (C=O) groups excluding carboxylic acids is 1. The van der Waals surface area contributed by atoms with E-state index in [1.54, 1.807) is 4.90 Å². The predicted octanol–water partition coefficient (Wildman–Crippen LogP) is 3.29. The Bertz CT molecular complexity index is 641. The van der Waals surface area contributed by atoms with Gasteiger partial charge in [0.1, 0.15) is 0 Å². The highest BCUT2D eigenvalue weighted by molar-refractivity contribution is 5.80. The van der Waals surface area contributed by atoms with Gasteiger partial charge in [-0.3, -0.25) is 4.79 Å². The van der Waals surface area contributed by atoms with Crippen LogP contribution in [0.2, 0.25) is 0 Å². The molecule has 1 aliphatic heterocycles. The molecule has 0 spiro atoms. The highest BCUT2D eigenvalue weighted by atomic mass is 16.3. The molecule has 3 nitrogen and oxygen atoms in total. The van der Waals surface area contributed by atoms with E-state index < -0.39 is 5.72 Å². The smallest absolute Gasteiger partial charge is 0.228 e. The summed E-state index contributed by atoms with van der Waals surface area (Å²) < 4.78 is 0. The van der Waals surface area contributed by atoms with E-state index in [0.717, 1.165) is 11.1 Å². The van der Waals surface area contributed by atoms with Crippen LogP contribution in [0.25, 0.3) is 0 Å². The summed E-state index contributed by atoms with van der Waals surface area (Å²) in [6, 6.07) is 19.3. The Balaban J connectivity index is 1.98. The first-order valence-electron chi connectivity index (χ1n) is 7.74. The monoisotopic (exact) mass is 295 g/mol. The van der Waals surface area contributed by atoms with Gasteiger partial charge in [-0.15, -0.1) is 0 Å². The van der Waals surface area contributed by atoms with Crippen molar-refractivity contribution >= 4 is 5.91 Å². The lowest BCUT2D eigenvalue weighted by Gasteiger charge is -2.45. The van der Waals surface area contributed by atoms with Crippen molar-refractivity contribution < 1.29 is 9.90 Å². The topological polar surface area (TPSA) is 40.5 Å². The third-order valence-corrected chi connectivity index (χ3v) is 4.48. The lowest BCUT2D eigenvalue weighted by Crippen LogP contribution is -2.54. The Morgan fingerprint density at radius 2 is 1.68 bits per heavy atom. The first-order valence-corrected chi connectivity index (χ1v) is 7.74. The molecule has 0 radical (unpaired) electrons. The standard InChI is InChI=1S/C19H21NO2/c1-15-12-13-19(22,17-10-6-3-7-11-17)20(18(15)21)14-16-8-4-2-5-9-16/h2-11,15,22H,12-14H2,1H3. The minimum atomic E-state index is -1.22. The van der Waals surface area contributed by atoms with E-state index in [9.17, 15) is 9.90 Å². The predicted molar refractivity (Wildman–Crippen MR) is 85.7 cm³/mol. The van der Waals surface area contributed by atoms with E-state index >= 15 is 0 Å². The Morgan fingerprint density at radius 1 is 1.09 bits per heavy atom. The summed E-state index contributed by atoms with van der Waals surface area (Å²) >= 11 is 0. The molecule has 2 unspecified atom stereocenters. The van der Waals surface area contributed by atoms with E-state index in [0.29, 0.717) is 19.4 Å². The van der Waals surface area contributed by atoms with Crippen molar-refractivity contribution in [2.75, 3.05) is 0 Å². The molecule has 1 heterocycles. The number of amides is 1. The lowest BCUT2D eigenvalue weighted by atomic mass is 9.85. The van der Waals surface area contributed by atoms with Crippen LogP contribution in [0.5, 0.6) is 0 Å². The van der Waals surface area contributed by atoms with Gasteiger partial charge in [0.25, 0.3) is 0 Å². The molecule has 3 heteroatoms. The number of hydrogen-bond donors (Lipinski definition) is 1. The summed E-state index contributed by atoms with van der Waals surface area (Å²) in [5.74, 6) is -0.0332. The second-order valence-corrected chi connectivity index (χ2v) is 6.03. The lowest BCUT2D eigenvalue weighted by molar-refractivity contribution is -0.183. The van der Waals surface area contributed by atoms with Gasteiger partial charge in [0, 0.05) is 24.4 Å². The molecule has 2 atom stereocenters. The Morgan fingerprint density at radius 3 is 2.32 bits per heavy atom. The maximum absolute atomic E-state index is 12.7. The molecule has 1 aliphatic rings. The molecule has 1 saturated heterocycles. The first-order chi connectivity index (χ1) is 10.6. The van der Waals surface area contributed by atoms with Crippen LogP contribution in [-0.2, 0) is 17.1 Å². The molecule has 114 valence electrons.